The molecule has 0 fully saturated rings. The number of H-pyrrole nitrogens is 1. The lowest BCUT2D eigenvalue weighted by Gasteiger charge is -2.00. The lowest BCUT2D eigenvalue weighted by molar-refractivity contribution is -0.117. The molecule has 3 N–H and O–H groups in total. The van der Waals surface area contributed by atoms with Crippen LogP contribution >= 0.6 is 27.7 Å². The van der Waals surface area contributed by atoms with Crippen LogP contribution in [0.5, 0.6) is 5.88 Å². The number of azo groups is 1. The summed E-state index contributed by atoms with van der Waals surface area (Å²) in [5.41, 5.74) is 1.02. The van der Waals surface area contributed by atoms with Crippen LogP contribution in [0.4, 0.5) is 5.69 Å². The van der Waals surface area contributed by atoms with Crippen molar-refractivity contribution in [2.24, 2.45) is 15.2 Å². The van der Waals surface area contributed by atoms with Crippen LogP contribution in [0.2, 0.25) is 0 Å². The molecule has 2 heterocycles. The summed E-state index contributed by atoms with van der Waals surface area (Å²) in [6, 6.07) is 5.46. The van der Waals surface area contributed by atoms with Gasteiger partial charge in [-0.3, -0.25) is 4.79 Å². The summed E-state index contributed by atoms with van der Waals surface area (Å²) in [6.45, 7) is -0.0827. The van der Waals surface area contributed by atoms with Crippen molar-refractivity contribution in [3.8, 4) is 5.88 Å². The van der Waals surface area contributed by atoms with Crippen molar-refractivity contribution >= 4 is 55.4 Å². The standard InChI is InChI=1S/C13H11BrN4O3S/c14-6-1-2-8-7(5-6)10(12(21)15-8)17-18-13-16-11(20)9(22-13)3-4-19/h1-2,5,9,15,19,21H,3-4H2. The van der Waals surface area contributed by atoms with Gasteiger partial charge in [0.1, 0.15) is 0 Å². The number of nitrogens with zero attached hydrogens (tertiary/aromatic N) is 3. The maximum atomic E-state index is 11.6. The molecule has 9 heteroatoms. The van der Waals surface area contributed by atoms with Gasteiger partial charge in [-0.05, 0) is 24.6 Å². The summed E-state index contributed by atoms with van der Waals surface area (Å²) in [7, 11) is 0. The number of carbonyl (C=O) groups is 1. The number of aliphatic hydroxyl groups is 1. The van der Waals surface area contributed by atoms with Crippen molar-refractivity contribution < 1.29 is 15.0 Å². The number of thioether (sulfide) groups is 1. The zero-order chi connectivity index (χ0) is 15.7. The number of fused-ring (bicyclic) bond motifs is 1. The van der Waals surface area contributed by atoms with Gasteiger partial charge in [0, 0.05) is 16.5 Å². The van der Waals surface area contributed by atoms with Crippen LogP contribution in [0.3, 0.4) is 0 Å². The molecule has 1 aliphatic heterocycles. The quantitative estimate of drug-likeness (QED) is 0.708. The summed E-state index contributed by atoms with van der Waals surface area (Å²) >= 11 is 4.52. The van der Waals surface area contributed by atoms with E-state index in [4.69, 9.17) is 5.11 Å². The molecule has 1 aromatic carbocycles. The average molecular weight is 383 g/mol. The predicted octanol–water partition coefficient (Wildman–Crippen LogP) is 3.10. The van der Waals surface area contributed by atoms with Crippen LogP contribution in [0.15, 0.2) is 37.9 Å². The Morgan fingerprint density at radius 1 is 1.41 bits per heavy atom. The fraction of sp³-hybridized carbons (Fsp3) is 0.231. The number of carbonyl (C=O) groups excluding carboxylic acids is 1. The molecule has 2 aromatic rings. The highest BCUT2D eigenvalue weighted by atomic mass is 79.9. The minimum absolute atomic E-state index is 0.0827. The van der Waals surface area contributed by atoms with Gasteiger partial charge in [-0.2, -0.15) is 4.99 Å². The van der Waals surface area contributed by atoms with E-state index in [0.717, 1.165) is 21.8 Å². The molecule has 1 atom stereocenters. The number of amidine groups is 1. The first kappa shape index (κ1) is 15.2. The minimum atomic E-state index is -0.412. The number of aromatic hydroxyl groups is 1. The number of hydrogen-bond acceptors (Lipinski definition) is 6. The largest absolute Gasteiger partial charge is 0.493 e. The fourth-order valence-electron chi connectivity index (χ4n) is 2.05. The van der Waals surface area contributed by atoms with Crippen molar-refractivity contribution in [3.05, 3.63) is 22.7 Å². The summed E-state index contributed by atoms with van der Waals surface area (Å²) in [6.07, 6.45) is 0.331. The monoisotopic (exact) mass is 382 g/mol. The molecule has 0 spiro atoms. The molecule has 0 radical (unpaired) electrons. The van der Waals surface area contributed by atoms with E-state index in [1.54, 1.807) is 6.07 Å². The van der Waals surface area contributed by atoms with E-state index in [2.05, 4.69) is 36.1 Å². The Morgan fingerprint density at radius 2 is 2.23 bits per heavy atom. The summed E-state index contributed by atoms with van der Waals surface area (Å²) < 4.78 is 0.848. The molecule has 1 amide bonds. The number of benzene rings is 1. The van der Waals surface area contributed by atoms with Crippen LogP contribution < -0.4 is 0 Å². The number of aliphatic hydroxyl groups excluding tert-OH is 1. The van der Waals surface area contributed by atoms with Crippen molar-refractivity contribution in [1.29, 1.82) is 0 Å². The van der Waals surface area contributed by atoms with E-state index >= 15 is 0 Å². The molecule has 0 saturated heterocycles. The third-order valence-corrected chi connectivity index (χ3v) is 4.67. The zero-order valence-corrected chi connectivity index (χ0v) is 13.6. The number of rotatable bonds is 3. The van der Waals surface area contributed by atoms with Gasteiger partial charge in [0.15, 0.2) is 5.69 Å². The first-order chi connectivity index (χ1) is 10.6. The smallest absolute Gasteiger partial charge is 0.261 e. The molecular formula is C13H11BrN4O3S. The van der Waals surface area contributed by atoms with Crippen LogP contribution in [0.1, 0.15) is 6.42 Å². The van der Waals surface area contributed by atoms with Gasteiger partial charge in [-0.15, -0.1) is 10.2 Å². The van der Waals surface area contributed by atoms with Gasteiger partial charge in [-0.25, -0.2) is 0 Å². The molecule has 114 valence electrons. The third-order valence-electron chi connectivity index (χ3n) is 3.07. The first-order valence-corrected chi connectivity index (χ1v) is 8.07. The molecular weight excluding hydrogens is 372 g/mol. The Morgan fingerprint density at radius 3 is 3.00 bits per heavy atom. The number of aromatic nitrogens is 1. The molecule has 7 nitrogen and oxygen atoms in total. The number of nitrogens with one attached hydrogen (secondary N) is 1. The van der Waals surface area contributed by atoms with Gasteiger partial charge >= 0.3 is 0 Å². The number of halogens is 1. The summed E-state index contributed by atoms with van der Waals surface area (Å²) in [5.74, 6) is -0.419. The van der Waals surface area contributed by atoms with Gasteiger partial charge < -0.3 is 15.2 Å². The first-order valence-electron chi connectivity index (χ1n) is 6.40. The van der Waals surface area contributed by atoms with Crippen LogP contribution in [-0.2, 0) is 4.79 Å². The normalized spacial score (nSPS) is 18.5. The molecule has 3 rings (SSSR count). The molecule has 1 aliphatic rings. The van der Waals surface area contributed by atoms with E-state index in [1.165, 1.54) is 0 Å². The van der Waals surface area contributed by atoms with Gasteiger partial charge in [0.2, 0.25) is 11.0 Å². The number of hydrogen-bond donors (Lipinski definition) is 3. The maximum Gasteiger partial charge on any atom is 0.261 e. The average Bonchev–Trinajstić information content (AvgIpc) is 2.97. The van der Waals surface area contributed by atoms with E-state index in [1.807, 2.05) is 12.1 Å². The molecule has 0 saturated carbocycles. The van der Waals surface area contributed by atoms with Crippen LogP contribution in [-0.4, -0.2) is 38.1 Å². The second-order valence-corrected chi connectivity index (χ2v) is 6.65. The molecule has 22 heavy (non-hydrogen) atoms. The number of amides is 1. The van der Waals surface area contributed by atoms with Gasteiger partial charge in [-0.1, -0.05) is 27.7 Å². The van der Waals surface area contributed by atoms with Crippen molar-refractivity contribution in [1.82, 2.24) is 4.98 Å². The Hall–Kier alpha value is -1.71. The highest BCUT2D eigenvalue weighted by Crippen LogP contribution is 2.37. The maximum absolute atomic E-state index is 11.6. The van der Waals surface area contributed by atoms with Crippen LogP contribution in [0.25, 0.3) is 10.9 Å². The Bertz CT molecular complexity index is 802. The lowest BCUT2D eigenvalue weighted by Crippen LogP contribution is -2.11. The Kier molecular flexibility index (Phi) is 4.27. The molecule has 0 aliphatic carbocycles. The zero-order valence-electron chi connectivity index (χ0n) is 11.2. The highest BCUT2D eigenvalue weighted by Gasteiger charge is 2.28. The second kappa shape index (κ2) is 6.19. The molecule has 1 aromatic heterocycles. The predicted molar refractivity (Wildman–Crippen MR) is 87.7 cm³/mol. The number of aromatic amines is 1. The topological polar surface area (TPSA) is 110 Å². The van der Waals surface area contributed by atoms with Crippen molar-refractivity contribution in [2.45, 2.75) is 11.7 Å². The van der Waals surface area contributed by atoms with Gasteiger partial charge in [0.05, 0.1) is 10.8 Å². The third kappa shape index (κ3) is 2.92. The Balaban J connectivity index is 1.88. The SMILES string of the molecule is O=C1N=C(N=Nc2c(O)[nH]c3ccc(Br)cc23)SC1CCO. The van der Waals surface area contributed by atoms with Crippen molar-refractivity contribution in [2.75, 3.05) is 6.61 Å². The Labute approximate surface area is 137 Å². The van der Waals surface area contributed by atoms with Gasteiger partial charge in [0.25, 0.3) is 5.91 Å². The molecule has 0 bridgehead atoms. The summed E-state index contributed by atoms with van der Waals surface area (Å²) in [5, 5.41) is 27.3. The second-order valence-electron chi connectivity index (χ2n) is 4.56. The van der Waals surface area contributed by atoms with Crippen molar-refractivity contribution in [3.63, 3.8) is 0 Å². The number of aliphatic imine (C=N–C) groups is 1. The van der Waals surface area contributed by atoms with E-state index < -0.39 is 5.25 Å². The fourth-order valence-corrected chi connectivity index (χ4v) is 3.27. The molecule has 1 unspecified atom stereocenters. The minimum Gasteiger partial charge on any atom is -0.493 e. The highest BCUT2D eigenvalue weighted by molar-refractivity contribution is 9.10. The summed E-state index contributed by atoms with van der Waals surface area (Å²) in [4.78, 5) is 18.2. The van der Waals surface area contributed by atoms with Crippen LogP contribution in [0, 0.1) is 0 Å². The van der Waals surface area contributed by atoms with E-state index in [9.17, 15) is 9.90 Å². The van der Waals surface area contributed by atoms with E-state index in [-0.39, 0.29) is 29.2 Å². The lowest BCUT2D eigenvalue weighted by atomic mass is 10.2. The van der Waals surface area contributed by atoms with E-state index in [0.29, 0.717) is 11.8 Å².